The van der Waals surface area contributed by atoms with Gasteiger partial charge in [-0.25, -0.2) is 9.48 Å². The van der Waals surface area contributed by atoms with Gasteiger partial charge in [-0.3, -0.25) is 4.79 Å². The summed E-state index contributed by atoms with van der Waals surface area (Å²) in [5.74, 6) is -0.140. The Balaban J connectivity index is 1.61. The standard InChI is InChI=1S/C18H13N5O4/c1-26-15-4-2-3-11-9-14(18(25)27-16(11)15)17(24)20-12-5-7-13(8-6-12)23-10-19-21-22-23/h2-10H,1H3,(H,20,24). The zero-order valence-electron chi connectivity index (χ0n) is 14.1. The van der Waals surface area contributed by atoms with E-state index in [1.807, 2.05) is 0 Å². The van der Waals surface area contributed by atoms with E-state index in [1.165, 1.54) is 24.2 Å². The highest BCUT2D eigenvalue weighted by Crippen LogP contribution is 2.24. The summed E-state index contributed by atoms with van der Waals surface area (Å²) in [4.78, 5) is 24.7. The summed E-state index contributed by atoms with van der Waals surface area (Å²) in [6.45, 7) is 0. The lowest BCUT2D eigenvalue weighted by Gasteiger charge is -2.07. The fourth-order valence-electron chi connectivity index (χ4n) is 2.61. The minimum absolute atomic E-state index is 0.0969. The Morgan fingerprint density at radius 2 is 2.00 bits per heavy atom. The van der Waals surface area contributed by atoms with Gasteiger partial charge in [0.2, 0.25) is 0 Å². The van der Waals surface area contributed by atoms with E-state index in [-0.39, 0.29) is 5.56 Å². The number of para-hydroxylation sites is 1. The van der Waals surface area contributed by atoms with Gasteiger partial charge in [0.25, 0.3) is 5.91 Å². The fourth-order valence-corrected chi connectivity index (χ4v) is 2.61. The van der Waals surface area contributed by atoms with Crippen LogP contribution < -0.4 is 15.7 Å². The molecule has 0 atom stereocenters. The summed E-state index contributed by atoms with van der Waals surface area (Å²) in [6, 6.07) is 13.5. The fraction of sp³-hybridized carbons (Fsp3) is 0.0556. The summed E-state index contributed by atoms with van der Waals surface area (Å²) in [7, 11) is 1.48. The van der Waals surface area contributed by atoms with Gasteiger partial charge in [0.05, 0.1) is 12.8 Å². The Hall–Kier alpha value is -4.01. The molecule has 2 heterocycles. The Morgan fingerprint density at radius 3 is 2.70 bits per heavy atom. The smallest absolute Gasteiger partial charge is 0.349 e. The Labute approximate surface area is 152 Å². The molecule has 27 heavy (non-hydrogen) atoms. The van der Waals surface area contributed by atoms with Crippen molar-refractivity contribution < 1.29 is 13.9 Å². The lowest BCUT2D eigenvalue weighted by atomic mass is 10.1. The topological polar surface area (TPSA) is 112 Å². The van der Waals surface area contributed by atoms with Crippen LogP contribution in [0.5, 0.6) is 5.75 Å². The van der Waals surface area contributed by atoms with Crippen LogP contribution in [0.3, 0.4) is 0 Å². The summed E-state index contributed by atoms with van der Waals surface area (Å²) in [5.41, 5.74) is 0.708. The lowest BCUT2D eigenvalue weighted by molar-refractivity contribution is 0.102. The predicted molar refractivity (Wildman–Crippen MR) is 96.1 cm³/mol. The van der Waals surface area contributed by atoms with Gasteiger partial charge in [0.15, 0.2) is 11.3 Å². The van der Waals surface area contributed by atoms with Crippen LogP contribution >= 0.6 is 0 Å². The number of hydrogen-bond donors (Lipinski definition) is 1. The molecule has 0 unspecified atom stereocenters. The number of carbonyl (C=O) groups excluding carboxylic acids is 1. The van der Waals surface area contributed by atoms with Crippen molar-refractivity contribution in [1.82, 2.24) is 20.2 Å². The number of amides is 1. The maximum absolute atomic E-state index is 12.5. The summed E-state index contributed by atoms with van der Waals surface area (Å²) >= 11 is 0. The number of carbonyl (C=O) groups is 1. The largest absolute Gasteiger partial charge is 0.493 e. The average molecular weight is 363 g/mol. The SMILES string of the molecule is COc1cccc2cc(C(=O)Nc3ccc(-n4cnnn4)cc3)c(=O)oc12. The molecule has 4 aromatic rings. The Morgan fingerprint density at radius 1 is 1.19 bits per heavy atom. The van der Waals surface area contributed by atoms with E-state index in [4.69, 9.17) is 9.15 Å². The number of nitrogens with one attached hydrogen (secondary N) is 1. The second kappa shape index (κ2) is 6.71. The molecular weight excluding hydrogens is 350 g/mol. The van der Waals surface area contributed by atoms with Crippen LogP contribution in [0.1, 0.15) is 10.4 Å². The molecule has 0 bridgehead atoms. The van der Waals surface area contributed by atoms with E-state index >= 15 is 0 Å². The van der Waals surface area contributed by atoms with E-state index in [1.54, 1.807) is 42.5 Å². The van der Waals surface area contributed by atoms with Crippen molar-refractivity contribution in [3.05, 3.63) is 70.8 Å². The van der Waals surface area contributed by atoms with Crippen LogP contribution in [0, 0.1) is 0 Å². The first-order valence-corrected chi connectivity index (χ1v) is 7.91. The second-order valence-corrected chi connectivity index (χ2v) is 5.58. The first kappa shape index (κ1) is 16.5. The highest BCUT2D eigenvalue weighted by molar-refractivity contribution is 6.05. The molecule has 0 aliphatic rings. The zero-order chi connectivity index (χ0) is 18.8. The van der Waals surface area contributed by atoms with Crippen LogP contribution in [-0.4, -0.2) is 33.2 Å². The molecule has 0 spiro atoms. The van der Waals surface area contributed by atoms with Crippen molar-refractivity contribution in [2.45, 2.75) is 0 Å². The van der Waals surface area contributed by atoms with Gasteiger partial charge in [-0.15, -0.1) is 5.10 Å². The number of hydrogen-bond acceptors (Lipinski definition) is 7. The van der Waals surface area contributed by atoms with Crippen molar-refractivity contribution in [3.8, 4) is 11.4 Å². The molecule has 0 aliphatic heterocycles. The third-order valence-electron chi connectivity index (χ3n) is 3.93. The van der Waals surface area contributed by atoms with Gasteiger partial charge in [-0.1, -0.05) is 12.1 Å². The molecule has 2 aromatic heterocycles. The minimum Gasteiger partial charge on any atom is -0.493 e. The summed E-state index contributed by atoms with van der Waals surface area (Å²) in [6.07, 6.45) is 1.46. The number of anilines is 1. The van der Waals surface area contributed by atoms with Gasteiger partial charge in [0, 0.05) is 11.1 Å². The summed E-state index contributed by atoms with van der Waals surface area (Å²) < 4.78 is 11.9. The Bertz CT molecular complexity index is 1170. The highest BCUT2D eigenvalue weighted by atomic mass is 16.5. The number of aromatic nitrogens is 4. The molecule has 9 heteroatoms. The highest BCUT2D eigenvalue weighted by Gasteiger charge is 2.15. The first-order chi connectivity index (χ1) is 13.2. The molecule has 0 radical (unpaired) electrons. The number of rotatable bonds is 4. The van der Waals surface area contributed by atoms with Crippen molar-refractivity contribution in [3.63, 3.8) is 0 Å². The van der Waals surface area contributed by atoms with Crippen molar-refractivity contribution >= 4 is 22.6 Å². The molecule has 0 fully saturated rings. The van der Waals surface area contributed by atoms with Crippen molar-refractivity contribution in [2.75, 3.05) is 12.4 Å². The summed E-state index contributed by atoms with van der Waals surface area (Å²) in [5, 5.41) is 14.2. The van der Waals surface area contributed by atoms with Gasteiger partial charge in [0.1, 0.15) is 11.9 Å². The Kier molecular flexibility index (Phi) is 4.09. The zero-order valence-corrected chi connectivity index (χ0v) is 14.1. The van der Waals surface area contributed by atoms with Gasteiger partial charge < -0.3 is 14.5 Å². The van der Waals surface area contributed by atoms with Gasteiger partial charge in [-0.05, 0) is 46.8 Å². The molecule has 9 nitrogen and oxygen atoms in total. The van der Waals surface area contributed by atoms with E-state index in [0.29, 0.717) is 22.4 Å². The molecule has 2 aromatic carbocycles. The first-order valence-electron chi connectivity index (χ1n) is 7.91. The number of ether oxygens (including phenoxy) is 1. The van der Waals surface area contributed by atoms with E-state index in [0.717, 1.165) is 5.69 Å². The number of methoxy groups -OCH3 is 1. The maximum atomic E-state index is 12.5. The van der Waals surface area contributed by atoms with Crippen molar-refractivity contribution in [2.24, 2.45) is 0 Å². The molecule has 134 valence electrons. The normalized spacial score (nSPS) is 10.7. The van der Waals surface area contributed by atoms with E-state index in [9.17, 15) is 9.59 Å². The third-order valence-corrected chi connectivity index (χ3v) is 3.93. The van der Waals surface area contributed by atoms with Crippen molar-refractivity contribution in [1.29, 1.82) is 0 Å². The van der Waals surface area contributed by atoms with Gasteiger partial charge in [-0.2, -0.15) is 0 Å². The number of tetrazole rings is 1. The molecule has 4 rings (SSSR count). The monoisotopic (exact) mass is 363 g/mol. The van der Waals surface area contributed by atoms with E-state index in [2.05, 4.69) is 20.8 Å². The van der Waals surface area contributed by atoms with Gasteiger partial charge >= 0.3 is 5.63 Å². The quantitative estimate of drug-likeness (QED) is 0.552. The molecule has 0 saturated carbocycles. The second-order valence-electron chi connectivity index (χ2n) is 5.58. The van der Waals surface area contributed by atoms with Crippen LogP contribution in [0.25, 0.3) is 16.7 Å². The van der Waals surface area contributed by atoms with E-state index < -0.39 is 11.5 Å². The van der Waals surface area contributed by atoms with Crippen LogP contribution in [-0.2, 0) is 0 Å². The molecule has 0 saturated heterocycles. The number of nitrogens with zero attached hydrogens (tertiary/aromatic N) is 4. The number of benzene rings is 2. The molecule has 0 aliphatic carbocycles. The number of fused-ring (bicyclic) bond motifs is 1. The maximum Gasteiger partial charge on any atom is 0.349 e. The molecule has 1 amide bonds. The minimum atomic E-state index is -0.741. The average Bonchev–Trinajstić information content (AvgIpc) is 3.22. The molecule has 1 N–H and O–H groups in total. The predicted octanol–water partition coefficient (Wildman–Crippen LogP) is 2.03. The molecular formula is C18H13N5O4. The third kappa shape index (κ3) is 3.13. The van der Waals surface area contributed by atoms with Crippen LogP contribution in [0.2, 0.25) is 0 Å². The van der Waals surface area contributed by atoms with Crippen LogP contribution in [0.4, 0.5) is 5.69 Å². The van der Waals surface area contributed by atoms with Crippen LogP contribution in [0.15, 0.2) is 64.1 Å². The lowest BCUT2D eigenvalue weighted by Crippen LogP contribution is -2.20.